The van der Waals surface area contributed by atoms with Crippen molar-refractivity contribution in [3.8, 4) is 0 Å². The van der Waals surface area contributed by atoms with Gasteiger partial charge >= 0.3 is 0 Å². The number of carbonyl (C=O) groups is 1. The Morgan fingerprint density at radius 3 is 2.25 bits per heavy atom. The van der Waals surface area contributed by atoms with Gasteiger partial charge in [0.2, 0.25) is 0 Å². The molecule has 0 aromatic carbocycles. The zero-order valence-electron chi connectivity index (χ0n) is 13.0. The van der Waals surface area contributed by atoms with Gasteiger partial charge in [-0.25, -0.2) is 0 Å². The van der Waals surface area contributed by atoms with Crippen LogP contribution in [-0.2, 0) is 4.79 Å². The molecule has 0 aliphatic heterocycles. The maximum atomic E-state index is 11.4. The SMILES string of the molecule is CC1(C=O)CC[C@H]2C(CC[C@H]3[C@@H]4CCC[C@H]4CC[C@@H]32)C1. The zero-order valence-corrected chi connectivity index (χ0v) is 13.0. The van der Waals surface area contributed by atoms with Crippen LogP contribution in [0.1, 0.15) is 71.1 Å². The minimum absolute atomic E-state index is 0.0125. The lowest BCUT2D eigenvalue weighted by Gasteiger charge is -2.54. The average molecular weight is 274 g/mol. The molecule has 1 nitrogen and oxygen atoms in total. The van der Waals surface area contributed by atoms with E-state index in [1.807, 2.05) is 0 Å². The highest BCUT2D eigenvalue weighted by Gasteiger charge is 2.50. The first-order valence-corrected chi connectivity index (χ1v) is 9.16. The molecule has 0 radical (unpaired) electrons. The van der Waals surface area contributed by atoms with Gasteiger partial charge in [-0.3, -0.25) is 0 Å². The molecule has 0 saturated heterocycles. The second kappa shape index (κ2) is 4.85. The number of hydrogen-bond donors (Lipinski definition) is 0. The molecule has 0 amide bonds. The minimum Gasteiger partial charge on any atom is -0.303 e. The molecule has 7 atom stereocenters. The Kier molecular flexibility index (Phi) is 3.23. The Morgan fingerprint density at radius 1 is 0.800 bits per heavy atom. The van der Waals surface area contributed by atoms with Gasteiger partial charge in [-0.15, -0.1) is 0 Å². The van der Waals surface area contributed by atoms with Crippen molar-refractivity contribution in [1.82, 2.24) is 0 Å². The molecule has 4 fully saturated rings. The predicted octanol–water partition coefficient (Wildman–Crippen LogP) is 4.84. The van der Waals surface area contributed by atoms with Crippen molar-refractivity contribution in [2.75, 3.05) is 0 Å². The van der Waals surface area contributed by atoms with E-state index < -0.39 is 0 Å². The van der Waals surface area contributed by atoms with Crippen molar-refractivity contribution >= 4 is 6.29 Å². The number of aldehydes is 1. The molecule has 4 saturated carbocycles. The highest BCUT2D eigenvalue weighted by molar-refractivity contribution is 5.58. The van der Waals surface area contributed by atoms with Crippen molar-refractivity contribution in [3.63, 3.8) is 0 Å². The van der Waals surface area contributed by atoms with Crippen molar-refractivity contribution in [3.05, 3.63) is 0 Å². The van der Waals surface area contributed by atoms with E-state index in [0.29, 0.717) is 0 Å². The third-order valence-corrected chi connectivity index (χ3v) is 7.78. The number of rotatable bonds is 1. The molecule has 2 unspecified atom stereocenters. The first kappa shape index (κ1) is 13.3. The van der Waals surface area contributed by atoms with Gasteiger partial charge in [0.1, 0.15) is 6.29 Å². The Morgan fingerprint density at radius 2 is 1.50 bits per heavy atom. The summed E-state index contributed by atoms with van der Waals surface area (Å²) in [5, 5.41) is 0. The quantitative estimate of drug-likeness (QED) is 0.625. The summed E-state index contributed by atoms with van der Waals surface area (Å²) in [4.78, 5) is 11.4. The Labute approximate surface area is 123 Å². The Balaban J connectivity index is 1.52. The fourth-order valence-electron chi connectivity index (χ4n) is 6.86. The van der Waals surface area contributed by atoms with Crippen LogP contribution in [0.2, 0.25) is 0 Å². The first-order valence-electron chi connectivity index (χ1n) is 9.16. The van der Waals surface area contributed by atoms with Gasteiger partial charge in [-0.2, -0.15) is 0 Å². The number of fused-ring (bicyclic) bond motifs is 5. The molecule has 0 aromatic heterocycles. The summed E-state index contributed by atoms with van der Waals surface area (Å²) in [5.74, 6) is 6.13. The van der Waals surface area contributed by atoms with Crippen LogP contribution in [0.4, 0.5) is 0 Å². The Hall–Kier alpha value is -0.330. The standard InChI is InChI=1S/C19H30O/c1-19(12-20)10-9-16-14(11-19)6-8-17-15-4-2-3-13(15)5-7-18(16)17/h12-18H,2-11H2,1H3/t13-,14?,15+,16-,17-,18+,19?/m0/s1. The summed E-state index contributed by atoms with van der Waals surface area (Å²) in [6.45, 7) is 2.20. The fourth-order valence-corrected chi connectivity index (χ4v) is 6.86. The van der Waals surface area contributed by atoms with E-state index in [1.165, 1.54) is 64.1 Å². The minimum atomic E-state index is 0.0125. The van der Waals surface area contributed by atoms with Crippen LogP contribution < -0.4 is 0 Å². The lowest BCUT2D eigenvalue weighted by atomic mass is 9.51. The molecule has 4 rings (SSSR count). The zero-order chi connectivity index (χ0) is 13.7. The second-order valence-corrected chi connectivity index (χ2v) is 8.78. The summed E-state index contributed by atoms with van der Waals surface area (Å²) < 4.78 is 0. The molecule has 1 heteroatoms. The normalized spacial score (nSPS) is 54.6. The molecule has 0 aromatic rings. The van der Waals surface area contributed by atoms with Crippen molar-refractivity contribution < 1.29 is 4.79 Å². The topological polar surface area (TPSA) is 17.1 Å². The van der Waals surface area contributed by atoms with Crippen molar-refractivity contribution in [1.29, 1.82) is 0 Å². The molecule has 4 aliphatic carbocycles. The van der Waals surface area contributed by atoms with E-state index in [2.05, 4.69) is 6.92 Å². The average Bonchev–Trinajstić information content (AvgIpc) is 2.95. The van der Waals surface area contributed by atoms with E-state index in [4.69, 9.17) is 0 Å². The Bertz CT molecular complexity index is 389. The van der Waals surface area contributed by atoms with Crippen LogP contribution >= 0.6 is 0 Å². The molecular formula is C19H30O. The molecule has 0 bridgehead atoms. The predicted molar refractivity (Wildman–Crippen MR) is 81.3 cm³/mol. The number of carbonyl (C=O) groups excluding carboxylic acids is 1. The lowest BCUT2D eigenvalue weighted by molar-refractivity contribution is -0.121. The second-order valence-electron chi connectivity index (χ2n) is 8.78. The molecule has 0 heterocycles. The van der Waals surface area contributed by atoms with E-state index >= 15 is 0 Å². The van der Waals surface area contributed by atoms with Crippen molar-refractivity contribution in [2.45, 2.75) is 71.1 Å². The summed E-state index contributed by atoms with van der Waals surface area (Å²) in [7, 11) is 0. The van der Waals surface area contributed by atoms with Gasteiger partial charge in [0, 0.05) is 5.41 Å². The van der Waals surface area contributed by atoms with Crippen LogP contribution in [0.15, 0.2) is 0 Å². The van der Waals surface area contributed by atoms with Gasteiger partial charge in [0.15, 0.2) is 0 Å². The van der Waals surface area contributed by atoms with Gasteiger partial charge in [0.05, 0.1) is 0 Å². The van der Waals surface area contributed by atoms with Gasteiger partial charge in [-0.1, -0.05) is 19.8 Å². The molecule has 0 N–H and O–H groups in total. The van der Waals surface area contributed by atoms with Gasteiger partial charge < -0.3 is 4.79 Å². The largest absolute Gasteiger partial charge is 0.303 e. The van der Waals surface area contributed by atoms with Gasteiger partial charge in [0.25, 0.3) is 0 Å². The van der Waals surface area contributed by atoms with E-state index in [0.717, 1.165) is 41.9 Å². The fraction of sp³-hybridized carbons (Fsp3) is 0.947. The summed E-state index contributed by atoms with van der Waals surface area (Å²) in [6.07, 6.45) is 15.5. The molecule has 112 valence electrons. The molecule has 20 heavy (non-hydrogen) atoms. The third kappa shape index (κ3) is 1.99. The summed E-state index contributed by atoms with van der Waals surface area (Å²) in [6, 6.07) is 0. The maximum Gasteiger partial charge on any atom is 0.125 e. The van der Waals surface area contributed by atoms with E-state index in [9.17, 15) is 4.79 Å². The number of hydrogen-bond acceptors (Lipinski definition) is 1. The van der Waals surface area contributed by atoms with E-state index in [1.54, 1.807) is 0 Å². The summed E-state index contributed by atoms with van der Waals surface area (Å²) in [5.41, 5.74) is 0.0125. The van der Waals surface area contributed by atoms with Crippen LogP contribution in [0.25, 0.3) is 0 Å². The van der Waals surface area contributed by atoms with Crippen LogP contribution in [0.3, 0.4) is 0 Å². The van der Waals surface area contributed by atoms with Crippen molar-refractivity contribution in [2.24, 2.45) is 40.9 Å². The molecular weight excluding hydrogens is 244 g/mol. The maximum absolute atomic E-state index is 11.4. The third-order valence-electron chi connectivity index (χ3n) is 7.78. The van der Waals surface area contributed by atoms with E-state index in [-0.39, 0.29) is 5.41 Å². The van der Waals surface area contributed by atoms with Crippen LogP contribution in [-0.4, -0.2) is 6.29 Å². The highest BCUT2D eigenvalue weighted by Crippen LogP contribution is 2.59. The summed E-state index contributed by atoms with van der Waals surface area (Å²) >= 11 is 0. The molecule has 4 aliphatic rings. The highest BCUT2D eigenvalue weighted by atomic mass is 16.1. The van der Waals surface area contributed by atoms with Gasteiger partial charge in [-0.05, 0) is 86.9 Å². The van der Waals surface area contributed by atoms with Crippen LogP contribution in [0.5, 0.6) is 0 Å². The monoisotopic (exact) mass is 274 g/mol. The lowest BCUT2D eigenvalue weighted by Crippen LogP contribution is -2.46. The van der Waals surface area contributed by atoms with Crippen LogP contribution in [0, 0.1) is 40.9 Å². The smallest absolute Gasteiger partial charge is 0.125 e. The first-order chi connectivity index (χ1) is 9.70. The molecule has 0 spiro atoms.